The molecule has 1 atom stereocenters. The monoisotopic (exact) mass is 536 g/mol. The zero-order valence-electron chi connectivity index (χ0n) is 21.5. The van der Waals surface area contributed by atoms with Crippen LogP contribution in [0.25, 0.3) is 11.0 Å². The van der Waals surface area contributed by atoms with Gasteiger partial charge >= 0.3 is 11.9 Å². The Morgan fingerprint density at radius 1 is 0.947 bits per heavy atom. The van der Waals surface area contributed by atoms with Crippen LogP contribution in [0.2, 0.25) is 0 Å². The SMILES string of the molecule is CCOC(=O)C1=c2/c(=C/c3ccccc3OC)c(N)c(C(=O)OCC)n2C(=O)[C@H](c2ccccc2OC)S1. The van der Waals surface area contributed by atoms with E-state index in [0.717, 1.165) is 11.8 Å². The van der Waals surface area contributed by atoms with Gasteiger partial charge in [-0.05, 0) is 32.1 Å². The van der Waals surface area contributed by atoms with Gasteiger partial charge in [-0.2, -0.15) is 0 Å². The number of anilines is 1. The second-order valence-corrected chi connectivity index (χ2v) is 9.21. The summed E-state index contributed by atoms with van der Waals surface area (Å²) < 4.78 is 22.8. The lowest BCUT2D eigenvalue weighted by Crippen LogP contribution is -2.42. The number of para-hydroxylation sites is 2. The molecule has 0 aliphatic carbocycles. The number of esters is 2. The molecule has 38 heavy (non-hydrogen) atoms. The molecule has 0 amide bonds. The standard InChI is InChI=1S/C28H28N2O7S/c1-5-36-27(32)23-21(29)18(15-16-11-7-9-13-19(16)34-3)22-25(28(33)37-6-2)38-24(26(31)30(22)23)17-12-8-10-14-20(17)35-4/h7-15,24H,5-6,29H2,1-4H3/b18-15+/t24-/m0/s1. The lowest BCUT2D eigenvalue weighted by molar-refractivity contribution is -0.135. The molecule has 0 radical (unpaired) electrons. The number of nitrogen functional groups attached to an aromatic ring is 1. The minimum absolute atomic E-state index is 0.000723. The van der Waals surface area contributed by atoms with Gasteiger partial charge in [-0.1, -0.05) is 48.2 Å². The topological polar surface area (TPSA) is 119 Å². The number of methoxy groups -OCH3 is 2. The third kappa shape index (κ3) is 4.74. The lowest BCUT2D eigenvalue weighted by Gasteiger charge is -2.24. The summed E-state index contributed by atoms with van der Waals surface area (Å²) >= 11 is 1.03. The quantitative estimate of drug-likeness (QED) is 0.434. The molecule has 1 aliphatic heterocycles. The minimum Gasteiger partial charge on any atom is -0.496 e. The van der Waals surface area contributed by atoms with Crippen molar-refractivity contribution in [2.24, 2.45) is 0 Å². The Kier molecular flexibility index (Phi) is 8.11. The number of carbonyl (C=O) groups excluding carboxylic acids is 3. The lowest BCUT2D eigenvalue weighted by atomic mass is 10.1. The number of hydrogen-bond donors (Lipinski definition) is 1. The van der Waals surface area contributed by atoms with Gasteiger partial charge in [0, 0.05) is 16.3 Å². The first-order valence-electron chi connectivity index (χ1n) is 11.9. The van der Waals surface area contributed by atoms with E-state index < -0.39 is 23.1 Å². The summed E-state index contributed by atoms with van der Waals surface area (Å²) in [4.78, 5) is 40.7. The zero-order valence-corrected chi connectivity index (χ0v) is 22.3. The number of thioether (sulfide) groups is 1. The molecule has 0 fully saturated rings. The summed E-state index contributed by atoms with van der Waals surface area (Å²) in [7, 11) is 3.03. The molecule has 9 nitrogen and oxygen atoms in total. The van der Waals surface area contributed by atoms with Gasteiger partial charge in [-0.15, -0.1) is 0 Å². The normalized spacial score (nSPS) is 15.2. The molecule has 0 spiro atoms. The highest BCUT2D eigenvalue weighted by Crippen LogP contribution is 2.43. The number of hydrogen-bond acceptors (Lipinski definition) is 9. The van der Waals surface area contributed by atoms with Crippen LogP contribution in [0.3, 0.4) is 0 Å². The van der Waals surface area contributed by atoms with Crippen LogP contribution in [0.5, 0.6) is 11.5 Å². The molecule has 2 aromatic carbocycles. The molecule has 0 unspecified atom stereocenters. The van der Waals surface area contributed by atoms with Crippen LogP contribution in [-0.4, -0.2) is 49.8 Å². The van der Waals surface area contributed by atoms with Gasteiger partial charge in [0.1, 0.15) is 21.7 Å². The molecule has 10 heteroatoms. The van der Waals surface area contributed by atoms with Crippen LogP contribution in [0.15, 0.2) is 48.5 Å². The number of rotatable bonds is 8. The van der Waals surface area contributed by atoms with Crippen molar-refractivity contribution in [1.82, 2.24) is 4.57 Å². The smallest absolute Gasteiger partial charge is 0.357 e. The molecular formula is C28H28N2O7S. The third-order valence-corrected chi connectivity index (χ3v) is 7.22. The van der Waals surface area contributed by atoms with E-state index in [1.54, 1.807) is 56.3 Å². The number of nitrogens with two attached hydrogens (primary N) is 1. The molecule has 4 rings (SSSR count). The number of ether oxygens (including phenoxy) is 4. The third-order valence-electron chi connectivity index (χ3n) is 5.93. The molecule has 198 valence electrons. The first-order valence-corrected chi connectivity index (χ1v) is 12.8. The van der Waals surface area contributed by atoms with E-state index in [2.05, 4.69) is 0 Å². The summed E-state index contributed by atoms with van der Waals surface area (Å²) in [5.41, 5.74) is 7.57. The Hall–Kier alpha value is -4.18. The Morgan fingerprint density at radius 2 is 1.55 bits per heavy atom. The van der Waals surface area contributed by atoms with E-state index in [-0.39, 0.29) is 34.8 Å². The number of aromatic nitrogens is 1. The molecule has 3 aromatic rings. The Labute approximate surface area is 223 Å². The average molecular weight is 537 g/mol. The molecule has 0 saturated heterocycles. The summed E-state index contributed by atoms with van der Waals surface area (Å²) in [6.45, 7) is 3.52. The Balaban J connectivity index is 2.13. The molecule has 0 bridgehead atoms. The fourth-order valence-electron chi connectivity index (χ4n) is 4.30. The predicted molar refractivity (Wildman–Crippen MR) is 145 cm³/mol. The van der Waals surface area contributed by atoms with Crippen LogP contribution >= 0.6 is 11.8 Å². The minimum atomic E-state index is -0.919. The van der Waals surface area contributed by atoms with Crippen LogP contribution in [0.1, 0.15) is 45.5 Å². The van der Waals surface area contributed by atoms with Crippen molar-refractivity contribution < 1.29 is 33.3 Å². The van der Waals surface area contributed by atoms with Crippen molar-refractivity contribution in [3.8, 4) is 11.5 Å². The van der Waals surface area contributed by atoms with Crippen molar-refractivity contribution in [3.05, 3.63) is 75.9 Å². The molecule has 1 aliphatic rings. The number of carbonyl (C=O) groups is 3. The maximum absolute atomic E-state index is 14.1. The molecule has 0 saturated carbocycles. The van der Waals surface area contributed by atoms with Crippen molar-refractivity contribution in [2.75, 3.05) is 33.2 Å². The van der Waals surface area contributed by atoms with Crippen molar-refractivity contribution >= 4 is 46.3 Å². The van der Waals surface area contributed by atoms with E-state index in [0.29, 0.717) is 27.8 Å². The molecule has 2 N–H and O–H groups in total. The van der Waals surface area contributed by atoms with Crippen LogP contribution in [-0.2, 0) is 14.3 Å². The van der Waals surface area contributed by atoms with E-state index in [1.165, 1.54) is 18.8 Å². The van der Waals surface area contributed by atoms with Gasteiger partial charge in [0.2, 0.25) is 5.91 Å². The Bertz CT molecular complexity index is 1530. The van der Waals surface area contributed by atoms with Crippen molar-refractivity contribution in [3.63, 3.8) is 0 Å². The van der Waals surface area contributed by atoms with E-state index in [1.807, 2.05) is 12.1 Å². The average Bonchev–Trinajstić information content (AvgIpc) is 3.21. The Morgan fingerprint density at radius 3 is 2.21 bits per heavy atom. The maximum atomic E-state index is 14.1. The van der Waals surface area contributed by atoms with Gasteiger partial charge in [-0.25, -0.2) is 9.59 Å². The second kappa shape index (κ2) is 11.5. The second-order valence-electron chi connectivity index (χ2n) is 8.09. The van der Waals surface area contributed by atoms with Gasteiger partial charge in [-0.3, -0.25) is 9.36 Å². The highest BCUT2D eigenvalue weighted by atomic mass is 32.2. The van der Waals surface area contributed by atoms with Crippen LogP contribution in [0, 0.1) is 0 Å². The number of benzene rings is 2. The van der Waals surface area contributed by atoms with Crippen LogP contribution in [0.4, 0.5) is 5.69 Å². The number of nitrogens with zero attached hydrogens (tertiary/aromatic N) is 1. The van der Waals surface area contributed by atoms with Crippen LogP contribution < -0.4 is 25.8 Å². The van der Waals surface area contributed by atoms with Gasteiger partial charge in [0.05, 0.1) is 38.5 Å². The fraction of sp³-hybridized carbons (Fsp3) is 0.250. The van der Waals surface area contributed by atoms with E-state index in [9.17, 15) is 14.4 Å². The van der Waals surface area contributed by atoms with Gasteiger partial charge in [0.25, 0.3) is 0 Å². The van der Waals surface area contributed by atoms with Crippen molar-refractivity contribution in [2.45, 2.75) is 19.1 Å². The molecule has 2 heterocycles. The first-order chi connectivity index (χ1) is 18.4. The summed E-state index contributed by atoms with van der Waals surface area (Å²) in [6.07, 6.45) is 1.68. The van der Waals surface area contributed by atoms with Gasteiger partial charge < -0.3 is 24.7 Å². The van der Waals surface area contributed by atoms with Gasteiger partial charge in [0.15, 0.2) is 5.69 Å². The fourth-order valence-corrected chi connectivity index (χ4v) is 5.53. The van der Waals surface area contributed by atoms with Crippen molar-refractivity contribution in [1.29, 1.82) is 0 Å². The molecular weight excluding hydrogens is 508 g/mol. The highest BCUT2D eigenvalue weighted by Gasteiger charge is 2.39. The molecule has 1 aromatic heterocycles. The van der Waals surface area contributed by atoms with E-state index >= 15 is 0 Å². The summed E-state index contributed by atoms with van der Waals surface area (Å²) in [6, 6.07) is 14.2. The summed E-state index contributed by atoms with van der Waals surface area (Å²) in [5, 5.41) is -0.451. The van der Waals surface area contributed by atoms with E-state index in [4.69, 9.17) is 24.7 Å². The first kappa shape index (κ1) is 26.9. The largest absolute Gasteiger partial charge is 0.496 e. The number of fused-ring (bicyclic) bond motifs is 1. The zero-order chi connectivity index (χ0) is 27.4. The summed E-state index contributed by atoms with van der Waals surface area (Å²) in [5.74, 6) is -0.897. The maximum Gasteiger partial charge on any atom is 0.357 e. The predicted octanol–water partition coefficient (Wildman–Crippen LogP) is 2.89. The highest BCUT2D eigenvalue weighted by molar-refractivity contribution is 8.10.